The van der Waals surface area contributed by atoms with Crippen molar-refractivity contribution in [2.75, 3.05) is 0 Å². The predicted octanol–water partition coefficient (Wildman–Crippen LogP) is 3.90. The van der Waals surface area contributed by atoms with Crippen molar-refractivity contribution in [3.63, 3.8) is 0 Å². The van der Waals surface area contributed by atoms with E-state index in [-0.39, 0.29) is 0 Å². The Hall–Kier alpha value is -1.14. The predicted molar refractivity (Wildman–Crippen MR) is 50.7 cm³/mol. The molecule has 0 aliphatic heterocycles. The molecule has 1 rings (SSSR count). The van der Waals surface area contributed by atoms with Crippen molar-refractivity contribution in [1.29, 1.82) is 0 Å². The van der Waals surface area contributed by atoms with E-state index in [1.165, 1.54) is 6.08 Å². The third-order valence-corrected chi connectivity index (χ3v) is 1.53. The molecule has 0 bridgehead atoms. The summed E-state index contributed by atoms with van der Waals surface area (Å²) in [7, 11) is 0. The molecule has 12 heavy (non-hydrogen) atoms. The first-order chi connectivity index (χ1) is 5.72. The topological polar surface area (TPSA) is 4.36 Å². The average molecular weight is 226 g/mol. The highest BCUT2D eigenvalue weighted by Gasteiger charge is 1.91. The Labute approximate surface area is 78.5 Å². The molecule has 0 spiro atoms. The van der Waals surface area contributed by atoms with Gasteiger partial charge in [0.25, 0.3) is 0 Å². The average Bonchev–Trinajstić information content (AvgIpc) is 2.05. The molecule has 1 aromatic carbocycles. The van der Waals surface area contributed by atoms with E-state index in [2.05, 4.69) is 20.8 Å². The number of hydrogen-bond donors (Lipinski definition) is 0. The van der Waals surface area contributed by atoms with E-state index < -0.39 is 4.74 Å². The summed E-state index contributed by atoms with van der Waals surface area (Å²) < 4.78 is 11.9. The van der Waals surface area contributed by atoms with Crippen molar-refractivity contribution in [2.45, 2.75) is 0 Å². The fraction of sp³-hybridized carbons (Fsp3) is 0. The molecule has 0 heterocycles. The fourth-order valence-electron chi connectivity index (χ4n) is 0.771. The Balaban J connectivity index is 2.95. The SMILES string of the molecule is [C-]#[N+]c1ccc(C=C(F)Br)cc1. The Kier molecular flexibility index (Phi) is 3.01. The number of rotatable bonds is 1. The molecule has 0 radical (unpaired) electrons. The zero-order valence-electron chi connectivity index (χ0n) is 6.09. The summed E-state index contributed by atoms with van der Waals surface area (Å²) in [6.45, 7) is 6.68. The van der Waals surface area contributed by atoms with Gasteiger partial charge in [-0.1, -0.05) is 24.3 Å². The van der Waals surface area contributed by atoms with E-state index in [0.717, 1.165) is 5.56 Å². The van der Waals surface area contributed by atoms with E-state index in [1.807, 2.05) is 0 Å². The Bertz CT molecular complexity index is 331. The molecular weight excluding hydrogens is 221 g/mol. The molecule has 0 N–H and O–H groups in total. The van der Waals surface area contributed by atoms with E-state index in [9.17, 15) is 4.39 Å². The second-order valence-corrected chi connectivity index (χ2v) is 2.89. The van der Waals surface area contributed by atoms with Gasteiger partial charge in [0, 0.05) is 0 Å². The van der Waals surface area contributed by atoms with Gasteiger partial charge in [-0.25, -0.2) is 4.85 Å². The Morgan fingerprint density at radius 3 is 2.42 bits per heavy atom. The van der Waals surface area contributed by atoms with Crippen molar-refractivity contribution >= 4 is 27.7 Å². The van der Waals surface area contributed by atoms with Gasteiger partial charge in [-0.15, -0.1) is 0 Å². The van der Waals surface area contributed by atoms with Crippen molar-refractivity contribution < 1.29 is 4.39 Å². The lowest BCUT2D eigenvalue weighted by Crippen LogP contribution is -1.69. The van der Waals surface area contributed by atoms with E-state index in [4.69, 9.17) is 6.57 Å². The van der Waals surface area contributed by atoms with Gasteiger partial charge in [0.05, 0.1) is 6.57 Å². The Morgan fingerprint density at radius 2 is 2.00 bits per heavy atom. The first-order valence-corrected chi connectivity index (χ1v) is 4.02. The highest BCUT2D eigenvalue weighted by molar-refractivity contribution is 9.11. The van der Waals surface area contributed by atoms with Crippen LogP contribution in [0.15, 0.2) is 29.0 Å². The maximum absolute atomic E-state index is 12.3. The third-order valence-electron chi connectivity index (χ3n) is 1.30. The maximum atomic E-state index is 12.3. The number of nitrogens with zero attached hydrogens (tertiary/aromatic N) is 1. The lowest BCUT2D eigenvalue weighted by Gasteiger charge is -1.91. The van der Waals surface area contributed by atoms with Gasteiger partial charge in [0.1, 0.15) is 0 Å². The molecule has 0 aliphatic carbocycles. The summed E-state index contributed by atoms with van der Waals surface area (Å²) in [6, 6.07) is 6.67. The largest absolute Gasteiger partial charge is 0.238 e. The lowest BCUT2D eigenvalue weighted by atomic mass is 10.2. The van der Waals surface area contributed by atoms with Crippen LogP contribution < -0.4 is 0 Å². The second-order valence-electron chi connectivity index (χ2n) is 2.14. The molecule has 0 atom stereocenters. The summed E-state index contributed by atoms with van der Waals surface area (Å²) in [5, 5.41) is 0. The van der Waals surface area contributed by atoms with Crippen LogP contribution >= 0.6 is 15.9 Å². The van der Waals surface area contributed by atoms with Crippen LogP contribution in [0.3, 0.4) is 0 Å². The zero-order valence-corrected chi connectivity index (χ0v) is 7.68. The van der Waals surface area contributed by atoms with Crippen LogP contribution in [0.1, 0.15) is 5.56 Å². The van der Waals surface area contributed by atoms with Gasteiger partial charge < -0.3 is 0 Å². The van der Waals surface area contributed by atoms with Crippen LogP contribution in [0.4, 0.5) is 10.1 Å². The first kappa shape index (κ1) is 8.95. The Morgan fingerprint density at radius 1 is 1.42 bits per heavy atom. The smallest absolute Gasteiger partial charge is 0.187 e. The van der Waals surface area contributed by atoms with E-state index >= 15 is 0 Å². The van der Waals surface area contributed by atoms with E-state index in [0.29, 0.717) is 5.69 Å². The monoisotopic (exact) mass is 225 g/mol. The maximum Gasteiger partial charge on any atom is 0.187 e. The third kappa shape index (κ3) is 2.48. The summed E-state index contributed by atoms with van der Waals surface area (Å²) in [6.07, 6.45) is 1.34. The van der Waals surface area contributed by atoms with Gasteiger partial charge in [-0.2, -0.15) is 4.39 Å². The van der Waals surface area contributed by atoms with Crippen LogP contribution in [-0.2, 0) is 0 Å². The number of hydrogen-bond acceptors (Lipinski definition) is 0. The molecule has 0 aliphatic rings. The summed E-state index contributed by atoms with van der Waals surface area (Å²) in [5.41, 5.74) is 1.29. The van der Waals surface area contributed by atoms with Gasteiger partial charge in [0.2, 0.25) is 0 Å². The summed E-state index contributed by atoms with van der Waals surface area (Å²) in [4.78, 5) is 3.21. The number of benzene rings is 1. The minimum absolute atomic E-state index is 0.418. The normalized spacial score (nSPS) is 10.9. The molecule has 0 aromatic heterocycles. The molecule has 0 fully saturated rings. The molecule has 60 valence electrons. The molecule has 0 amide bonds. The molecule has 3 heteroatoms. The fourth-order valence-corrected chi connectivity index (χ4v) is 1.04. The standard InChI is InChI=1S/C9H5BrFN/c1-12-8-4-2-7(3-5-8)6-9(10)11/h2-6H. The van der Waals surface area contributed by atoms with Crippen molar-refractivity contribution in [3.8, 4) is 0 Å². The van der Waals surface area contributed by atoms with Crippen LogP contribution in [0.2, 0.25) is 0 Å². The van der Waals surface area contributed by atoms with E-state index in [1.54, 1.807) is 24.3 Å². The molecule has 1 nitrogen and oxygen atoms in total. The van der Waals surface area contributed by atoms with Gasteiger partial charge in [-0.05, 0) is 27.6 Å². The summed E-state index contributed by atoms with van der Waals surface area (Å²) in [5.74, 6) is 0. The zero-order chi connectivity index (χ0) is 8.97. The lowest BCUT2D eigenvalue weighted by molar-refractivity contribution is 0.712. The van der Waals surface area contributed by atoms with Crippen molar-refractivity contribution in [3.05, 3.63) is 46.0 Å². The van der Waals surface area contributed by atoms with Gasteiger partial charge in [0.15, 0.2) is 10.4 Å². The second kappa shape index (κ2) is 4.03. The van der Waals surface area contributed by atoms with Crippen molar-refractivity contribution in [2.24, 2.45) is 0 Å². The van der Waals surface area contributed by atoms with Crippen LogP contribution in [0, 0.1) is 6.57 Å². The minimum Gasteiger partial charge on any atom is -0.238 e. The van der Waals surface area contributed by atoms with Crippen LogP contribution in [0.25, 0.3) is 10.9 Å². The van der Waals surface area contributed by atoms with Gasteiger partial charge in [-0.3, -0.25) is 0 Å². The van der Waals surface area contributed by atoms with Crippen LogP contribution in [-0.4, -0.2) is 0 Å². The van der Waals surface area contributed by atoms with Crippen LogP contribution in [0.5, 0.6) is 0 Å². The van der Waals surface area contributed by atoms with Gasteiger partial charge >= 0.3 is 0 Å². The highest BCUT2D eigenvalue weighted by Crippen LogP contribution is 2.17. The molecule has 0 saturated carbocycles. The quantitative estimate of drug-likeness (QED) is 0.639. The highest BCUT2D eigenvalue weighted by atomic mass is 79.9. The minimum atomic E-state index is -0.418. The molecule has 1 aromatic rings. The first-order valence-electron chi connectivity index (χ1n) is 3.22. The molecular formula is C9H5BrFN. The molecule has 0 unspecified atom stereocenters. The molecule has 0 saturated heterocycles. The number of halogens is 2. The summed E-state index contributed by atoms with van der Waals surface area (Å²) >= 11 is 2.68. The van der Waals surface area contributed by atoms with Crippen molar-refractivity contribution in [1.82, 2.24) is 0 Å².